The van der Waals surface area contributed by atoms with Crippen molar-refractivity contribution in [2.24, 2.45) is 20.0 Å². The molecule has 2 aliphatic carbocycles. The Kier molecular flexibility index (Phi) is 52.8. The van der Waals surface area contributed by atoms with Crippen LogP contribution in [0.3, 0.4) is 0 Å². The van der Waals surface area contributed by atoms with Crippen molar-refractivity contribution < 1.29 is 134 Å². The summed E-state index contributed by atoms with van der Waals surface area (Å²) in [5.41, 5.74) is 3.61. The van der Waals surface area contributed by atoms with E-state index in [1.165, 1.54) is 39.5 Å². The van der Waals surface area contributed by atoms with E-state index in [1.54, 1.807) is 24.8 Å². The van der Waals surface area contributed by atoms with Gasteiger partial charge in [-0.2, -0.15) is 0 Å². The van der Waals surface area contributed by atoms with E-state index in [0.29, 0.717) is 0 Å². The van der Waals surface area contributed by atoms with Crippen LogP contribution in [0.1, 0.15) is 88.0 Å². The third-order valence-corrected chi connectivity index (χ3v) is 7.73. The summed E-state index contributed by atoms with van der Waals surface area (Å²) in [7, 11) is 0. The molecule has 2 fully saturated rings. The van der Waals surface area contributed by atoms with E-state index in [4.69, 9.17) is 112 Å². The SMILES string of the molecule is C(=N[C@H]1CCCC[C@H]1N=Cc1ccccn1)c1ccccn1.C(=N[C@H]1CCCC[C@H]1N=Cc1ccccn1)c1ccccn1.CC(C)=O.O=[N+]([O-])[O-].O=[N+]([O-])[O-].O=[N+]([O-])[O-].O=[N+]([O-])[O-].O=[N+]([O-])[O-].O=[N+]([O-])[O-].[Eu+3].[Eu+3]. The fraction of sp³-hybridized carbons (Fsp3) is 0.359. The van der Waals surface area contributed by atoms with E-state index < -0.39 is 30.5 Å². The van der Waals surface area contributed by atoms with Gasteiger partial charge in [0, 0.05) is 49.6 Å². The van der Waals surface area contributed by atoms with Crippen LogP contribution in [0.25, 0.3) is 0 Å². The number of pyridine rings is 4. The van der Waals surface area contributed by atoms with Crippen molar-refractivity contribution >= 4 is 30.6 Å². The largest absolute Gasteiger partial charge is 3.00 e. The number of aliphatic imine (C=N–C) groups is 4. The molecule has 0 aromatic carbocycles. The van der Waals surface area contributed by atoms with E-state index in [2.05, 4.69) is 19.9 Å². The van der Waals surface area contributed by atoms with Gasteiger partial charge in [0.1, 0.15) is 5.78 Å². The first-order valence-corrected chi connectivity index (χ1v) is 20.1. The Morgan fingerprint density at radius 3 is 0.662 bits per heavy atom. The van der Waals surface area contributed by atoms with Crippen molar-refractivity contribution in [3.63, 3.8) is 0 Å². The van der Waals surface area contributed by atoms with Gasteiger partial charge in [-0.15, -0.1) is 0 Å². The second-order valence-electron chi connectivity index (χ2n) is 13.2. The molecule has 2 saturated carbocycles. The molecule has 4 aromatic heterocycles. The van der Waals surface area contributed by atoms with Crippen LogP contribution in [-0.4, -0.2) is 105 Å². The van der Waals surface area contributed by atoms with Crippen molar-refractivity contribution in [1.82, 2.24) is 19.9 Å². The zero-order valence-electron chi connectivity index (χ0n) is 38.8. The van der Waals surface area contributed by atoms with Crippen LogP contribution in [0, 0.1) is 191 Å². The molecule has 0 bridgehead atoms. The van der Waals surface area contributed by atoms with Gasteiger partial charge in [0.15, 0.2) is 0 Å². The Morgan fingerprint density at radius 1 is 0.392 bits per heavy atom. The molecule has 0 saturated heterocycles. The van der Waals surface area contributed by atoms with E-state index in [-0.39, 0.29) is 129 Å². The van der Waals surface area contributed by atoms with Crippen molar-refractivity contribution in [2.45, 2.75) is 89.4 Å². The van der Waals surface area contributed by atoms with Gasteiger partial charge in [-0.3, -0.25) is 39.9 Å². The number of carbonyl (C=O) groups excluding carboxylic acids is 1. The summed E-state index contributed by atoms with van der Waals surface area (Å²) in [5.74, 6) is 0.167. The number of rotatable bonds is 8. The Labute approximate surface area is 501 Å². The molecular weight excluding hydrogens is 1270 g/mol. The summed E-state index contributed by atoms with van der Waals surface area (Å²) < 4.78 is 0. The zero-order valence-corrected chi connectivity index (χ0v) is 43.6. The van der Waals surface area contributed by atoms with Gasteiger partial charge < -0.3 is 96.7 Å². The third kappa shape index (κ3) is 59.6. The molecule has 0 aliphatic heterocycles. The summed E-state index contributed by atoms with van der Waals surface area (Å²) in [6.07, 6.45) is 23.9. The van der Waals surface area contributed by atoms with E-state index >= 15 is 0 Å². The van der Waals surface area contributed by atoms with Crippen LogP contribution in [0.15, 0.2) is 118 Å². The quantitative estimate of drug-likeness (QED) is 0.114. The van der Waals surface area contributed by atoms with Crippen molar-refractivity contribution in [3.8, 4) is 0 Å². The fourth-order valence-electron chi connectivity index (χ4n) is 5.38. The predicted molar refractivity (Wildman–Crippen MR) is 258 cm³/mol. The standard InChI is InChI=1S/2C18H20N4.C3H6O.2Eu.6NO3/c2*1-2-10-18(22-14-16-8-4-6-12-20-16)17(9-1)21-13-15-7-3-5-11-19-15;1-3(2)4;;;6*2-1(3)4/h2*3-8,11-14,17-18H,1-2,9-10H2;1-2H3;;;;;;;;/q;;;2*+3;6*-1/t2*17-,18+;;;;;;;;;. The van der Waals surface area contributed by atoms with Gasteiger partial charge in [0.05, 0.1) is 77.5 Å². The van der Waals surface area contributed by atoms with Crippen LogP contribution < -0.4 is 0 Å². The monoisotopic (exact) mass is 1320 g/mol. The topological polar surface area (TPSA) is 515 Å². The first-order chi connectivity index (χ1) is 34.0. The molecule has 33 nitrogen and oxygen atoms in total. The van der Waals surface area contributed by atoms with Gasteiger partial charge in [-0.1, -0.05) is 49.9 Å². The molecule has 6 rings (SSSR count). The smallest absolute Gasteiger partial charge is 0.356 e. The van der Waals surface area contributed by atoms with Crippen LogP contribution in [-0.2, 0) is 4.79 Å². The van der Waals surface area contributed by atoms with E-state index in [9.17, 15) is 4.79 Å². The molecule has 2 aliphatic rings. The summed E-state index contributed by atoms with van der Waals surface area (Å²) in [5, 5.41) is 88.5. The van der Waals surface area contributed by atoms with Crippen LogP contribution in [0.2, 0.25) is 0 Å². The Balaban J connectivity index is -0.000000281. The maximum Gasteiger partial charge on any atom is 3.00 e. The van der Waals surface area contributed by atoms with Crippen molar-refractivity contribution in [3.05, 3.63) is 212 Å². The van der Waals surface area contributed by atoms with Crippen LogP contribution in [0.5, 0.6) is 0 Å². The summed E-state index contributed by atoms with van der Waals surface area (Å²) >= 11 is 0. The van der Waals surface area contributed by atoms with Gasteiger partial charge in [0.2, 0.25) is 0 Å². The normalized spacial score (nSPS) is 15.6. The van der Waals surface area contributed by atoms with E-state index in [0.717, 1.165) is 48.5 Å². The Bertz CT molecular complexity index is 1870. The summed E-state index contributed by atoms with van der Waals surface area (Å²) in [6.45, 7) is 3.06. The molecule has 4 aromatic rings. The van der Waals surface area contributed by atoms with Gasteiger partial charge in [-0.05, 0) is 88.1 Å². The van der Waals surface area contributed by atoms with Crippen LogP contribution in [0.4, 0.5) is 0 Å². The number of aromatic nitrogens is 4. The summed E-state index contributed by atoms with van der Waals surface area (Å²) in [6, 6.07) is 24.4. The maximum atomic E-state index is 9.44. The third-order valence-electron chi connectivity index (χ3n) is 7.73. The molecule has 4 atom stereocenters. The molecule has 400 valence electrons. The molecule has 0 amide bonds. The average molecular weight is 1320 g/mol. The Hall–Kier alpha value is -6.68. The van der Waals surface area contributed by atoms with Crippen molar-refractivity contribution in [2.75, 3.05) is 0 Å². The Morgan fingerprint density at radius 2 is 0.541 bits per heavy atom. The van der Waals surface area contributed by atoms with E-state index in [1.807, 2.05) is 97.7 Å². The minimum Gasteiger partial charge on any atom is -0.356 e. The summed E-state index contributed by atoms with van der Waals surface area (Å²) in [4.78, 5) is 95.0. The van der Waals surface area contributed by atoms with Gasteiger partial charge in [0.25, 0.3) is 0 Å². The number of hydrogen-bond donors (Lipinski definition) is 0. The minimum absolute atomic E-state index is 0. The number of Topliss-reactive ketones (excluding diaryl/α,β-unsaturated/α-hetero) is 1. The van der Waals surface area contributed by atoms with Crippen LogP contribution >= 0.6 is 0 Å². The van der Waals surface area contributed by atoms with Crippen molar-refractivity contribution in [1.29, 1.82) is 0 Å². The van der Waals surface area contributed by atoms with Gasteiger partial charge in [-0.25, -0.2) is 0 Å². The second-order valence-corrected chi connectivity index (χ2v) is 13.2. The molecule has 0 unspecified atom stereocenters. The molecule has 4 heterocycles. The molecule has 0 N–H and O–H groups in total. The molecule has 0 spiro atoms. The first-order valence-electron chi connectivity index (χ1n) is 20.1. The first kappa shape index (κ1) is 76.2. The average Bonchev–Trinajstić information content (AvgIpc) is 3.30. The molecule has 0 radical (unpaired) electrons. The number of nitrogens with zero attached hydrogens (tertiary/aromatic N) is 14. The van der Waals surface area contributed by atoms with Gasteiger partial charge >= 0.3 is 98.8 Å². The number of hydrogen-bond acceptors (Lipinski definition) is 27. The number of carbonyl (C=O) groups is 1. The molecule has 74 heavy (non-hydrogen) atoms. The second kappa shape index (κ2) is 51.2. The minimum atomic E-state index is -1.75. The maximum absolute atomic E-state index is 9.44. The molecule has 35 heteroatoms. The zero-order chi connectivity index (χ0) is 55.1. The predicted octanol–water partition coefficient (Wildman–Crippen LogP) is 5.81. The number of ketones is 1. The molecular formula is C39H46Eu2N14O19. The fourth-order valence-corrected chi connectivity index (χ4v) is 5.38.